The van der Waals surface area contributed by atoms with Gasteiger partial charge in [-0.1, -0.05) is 60.7 Å². The summed E-state index contributed by atoms with van der Waals surface area (Å²) in [6, 6.07) is 19.7. The van der Waals surface area contributed by atoms with Gasteiger partial charge in [-0.05, 0) is 48.2 Å². The molecule has 2 amide bonds. The van der Waals surface area contributed by atoms with Crippen molar-refractivity contribution in [2.45, 2.75) is 44.3 Å². The highest BCUT2D eigenvalue weighted by Gasteiger charge is 2.40. The molecule has 6 nitrogen and oxygen atoms in total. The maximum Gasteiger partial charge on any atom is 0.416 e. The number of carbonyl (C=O) groups is 2. The van der Waals surface area contributed by atoms with Crippen LogP contribution >= 0.6 is 0 Å². The summed E-state index contributed by atoms with van der Waals surface area (Å²) in [5, 5.41) is 2.55. The number of nitrogens with zero attached hydrogens (tertiary/aromatic N) is 1. The molecular formula is C32H32F6N2O4. The molecule has 3 aromatic carbocycles. The summed E-state index contributed by atoms with van der Waals surface area (Å²) >= 11 is 0. The van der Waals surface area contributed by atoms with Crippen molar-refractivity contribution in [1.82, 2.24) is 10.2 Å². The molecule has 0 aliphatic carbocycles. The van der Waals surface area contributed by atoms with Gasteiger partial charge >= 0.3 is 24.4 Å². The predicted octanol–water partition coefficient (Wildman–Crippen LogP) is 7.04. The van der Waals surface area contributed by atoms with Crippen LogP contribution in [0.1, 0.15) is 47.1 Å². The van der Waals surface area contributed by atoms with Crippen molar-refractivity contribution in [3.8, 4) is 0 Å². The van der Waals surface area contributed by atoms with Gasteiger partial charge in [0.2, 0.25) is 0 Å². The van der Waals surface area contributed by atoms with E-state index in [4.69, 9.17) is 9.47 Å². The summed E-state index contributed by atoms with van der Waals surface area (Å²) in [6.07, 6.45) is -10.4. The number of benzene rings is 3. The molecule has 1 saturated heterocycles. The fourth-order valence-corrected chi connectivity index (χ4v) is 5.46. The van der Waals surface area contributed by atoms with Gasteiger partial charge < -0.3 is 19.7 Å². The minimum absolute atomic E-state index is 0.0839. The summed E-state index contributed by atoms with van der Waals surface area (Å²) in [5.41, 5.74) is -1.31. The topological polar surface area (TPSA) is 67.9 Å². The minimum Gasteiger partial charge on any atom is -0.465 e. The van der Waals surface area contributed by atoms with Crippen LogP contribution in [0.15, 0.2) is 78.9 Å². The maximum atomic E-state index is 13.5. The molecule has 0 saturated carbocycles. The number of hydrogen-bond acceptors (Lipinski definition) is 4. The molecule has 1 aliphatic rings. The average molecular weight is 623 g/mol. The molecule has 1 N–H and O–H groups in total. The lowest BCUT2D eigenvalue weighted by atomic mass is 9.75. The Morgan fingerprint density at radius 1 is 0.886 bits per heavy atom. The average Bonchev–Trinajstić information content (AvgIpc) is 2.99. The first-order valence-corrected chi connectivity index (χ1v) is 14.0. The smallest absolute Gasteiger partial charge is 0.416 e. The van der Waals surface area contributed by atoms with E-state index in [1.165, 1.54) is 4.90 Å². The Morgan fingerprint density at radius 2 is 1.43 bits per heavy atom. The summed E-state index contributed by atoms with van der Waals surface area (Å²) in [7, 11) is 0. The first-order chi connectivity index (χ1) is 20.9. The van der Waals surface area contributed by atoms with Gasteiger partial charge in [0.15, 0.2) is 0 Å². The number of amides is 2. The van der Waals surface area contributed by atoms with Crippen molar-refractivity contribution in [3.63, 3.8) is 0 Å². The molecule has 236 valence electrons. The van der Waals surface area contributed by atoms with Gasteiger partial charge in [0.1, 0.15) is 6.54 Å². The van der Waals surface area contributed by atoms with Crippen molar-refractivity contribution in [2.24, 2.45) is 5.92 Å². The first kappa shape index (κ1) is 32.8. The number of halogens is 6. The van der Waals surface area contributed by atoms with Gasteiger partial charge in [-0.2, -0.15) is 26.3 Å². The van der Waals surface area contributed by atoms with Crippen molar-refractivity contribution < 1.29 is 45.4 Å². The van der Waals surface area contributed by atoms with E-state index in [-0.39, 0.29) is 50.2 Å². The van der Waals surface area contributed by atoms with E-state index < -0.39 is 54.1 Å². The SMILES string of the molecule is CCOC(=O)CNC(=O)N1CC[C@@H](OCc2cc(C(F)(F)F)cc(C(F)(F)F)c2)[C@@H](C(c2ccccc2)c2ccccc2)C1. The Balaban J connectivity index is 1.65. The van der Waals surface area contributed by atoms with E-state index in [2.05, 4.69) is 5.32 Å². The van der Waals surface area contributed by atoms with Crippen LogP contribution in [0.25, 0.3) is 0 Å². The molecule has 0 radical (unpaired) electrons. The summed E-state index contributed by atoms with van der Waals surface area (Å²) in [4.78, 5) is 26.4. The Bertz CT molecular complexity index is 1330. The zero-order chi connectivity index (χ0) is 31.9. The van der Waals surface area contributed by atoms with Crippen LogP contribution in [0.4, 0.5) is 31.1 Å². The number of nitrogens with one attached hydrogen (secondary N) is 1. The zero-order valence-electron chi connectivity index (χ0n) is 23.8. The second-order valence-corrected chi connectivity index (χ2v) is 10.4. The maximum absolute atomic E-state index is 13.5. The minimum atomic E-state index is -4.98. The van der Waals surface area contributed by atoms with Crippen molar-refractivity contribution >= 4 is 12.0 Å². The fraction of sp³-hybridized carbons (Fsp3) is 0.375. The molecule has 0 bridgehead atoms. The van der Waals surface area contributed by atoms with Gasteiger partial charge in [-0.15, -0.1) is 0 Å². The molecule has 0 spiro atoms. The van der Waals surface area contributed by atoms with Gasteiger partial charge in [0, 0.05) is 24.9 Å². The van der Waals surface area contributed by atoms with Crippen LogP contribution in [0.3, 0.4) is 0 Å². The quantitative estimate of drug-likeness (QED) is 0.206. The monoisotopic (exact) mass is 622 g/mol. The Morgan fingerprint density at radius 3 is 1.93 bits per heavy atom. The van der Waals surface area contributed by atoms with Gasteiger partial charge in [0.25, 0.3) is 0 Å². The highest BCUT2D eigenvalue weighted by Crippen LogP contribution is 2.40. The number of rotatable bonds is 9. The highest BCUT2D eigenvalue weighted by molar-refractivity contribution is 5.81. The van der Waals surface area contributed by atoms with E-state index >= 15 is 0 Å². The van der Waals surface area contributed by atoms with Crippen LogP contribution < -0.4 is 5.32 Å². The van der Waals surface area contributed by atoms with Crippen LogP contribution in [-0.2, 0) is 33.2 Å². The summed E-state index contributed by atoms with van der Waals surface area (Å²) in [6.45, 7) is 1.30. The molecule has 1 heterocycles. The van der Waals surface area contributed by atoms with Crippen LogP contribution in [0, 0.1) is 5.92 Å². The molecule has 44 heavy (non-hydrogen) atoms. The molecule has 0 unspecified atom stereocenters. The lowest BCUT2D eigenvalue weighted by Gasteiger charge is -2.42. The number of esters is 1. The lowest BCUT2D eigenvalue weighted by molar-refractivity contribution is -0.144. The summed E-state index contributed by atoms with van der Waals surface area (Å²) < 4.78 is 91.8. The Labute approximate surface area is 251 Å². The number of carbonyl (C=O) groups excluding carboxylic acids is 2. The van der Waals surface area contributed by atoms with Crippen molar-refractivity contribution in [2.75, 3.05) is 26.2 Å². The van der Waals surface area contributed by atoms with E-state index in [1.54, 1.807) is 6.92 Å². The number of ether oxygens (including phenoxy) is 2. The number of hydrogen-bond donors (Lipinski definition) is 1. The molecule has 1 fully saturated rings. The highest BCUT2D eigenvalue weighted by atomic mass is 19.4. The third-order valence-electron chi connectivity index (χ3n) is 7.43. The number of urea groups is 1. The molecule has 4 rings (SSSR count). The number of likely N-dealkylation sites (tertiary alicyclic amines) is 1. The second-order valence-electron chi connectivity index (χ2n) is 10.4. The first-order valence-electron chi connectivity index (χ1n) is 14.0. The lowest BCUT2D eigenvalue weighted by Crippen LogP contribution is -2.52. The number of piperidine rings is 1. The van der Waals surface area contributed by atoms with Gasteiger partial charge in [0.05, 0.1) is 30.4 Å². The third kappa shape index (κ3) is 8.52. The van der Waals surface area contributed by atoms with Crippen LogP contribution in [0.2, 0.25) is 0 Å². The molecule has 1 aliphatic heterocycles. The summed E-state index contributed by atoms with van der Waals surface area (Å²) in [5.74, 6) is -1.38. The third-order valence-corrected chi connectivity index (χ3v) is 7.43. The molecule has 3 aromatic rings. The van der Waals surface area contributed by atoms with Gasteiger partial charge in [-0.25, -0.2) is 4.79 Å². The standard InChI is InChI=1S/C32H32F6N2O4/c1-2-43-28(41)18-39-30(42)40-14-13-27(44-20-21-15-24(31(33,34)35)17-25(16-21)32(36,37)38)26(19-40)29(22-9-5-3-6-10-22)23-11-7-4-8-12-23/h3-12,15-17,26-27,29H,2,13-14,18-20H2,1H3,(H,39,42)/t26-,27+/m0/s1. The molecule has 12 heteroatoms. The van der Waals surface area contributed by atoms with Crippen molar-refractivity contribution in [1.29, 1.82) is 0 Å². The Kier molecular flexibility index (Phi) is 10.6. The number of alkyl halides is 6. The second kappa shape index (κ2) is 14.1. The Hall–Kier alpha value is -4.06. The van der Waals surface area contributed by atoms with Crippen LogP contribution in [-0.4, -0.2) is 49.2 Å². The van der Waals surface area contributed by atoms with Crippen molar-refractivity contribution in [3.05, 3.63) is 107 Å². The predicted molar refractivity (Wildman–Crippen MR) is 149 cm³/mol. The largest absolute Gasteiger partial charge is 0.465 e. The molecule has 2 atom stereocenters. The van der Waals surface area contributed by atoms with E-state index in [9.17, 15) is 35.9 Å². The van der Waals surface area contributed by atoms with E-state index in [0.29, 0.717) is 12.1 Å². The zero-order valence-corrected chi connectivity index (χ0v) is 23.8. The van der Waals surface area contributed by atoms with E-state index in [1.807, 2.05) is 60.7 Å². The van der Waals surface area contributed by atoms with Gasteiger partial charge in [-0.3, -0.25) is 4.79 Å². The fourth-order valence-electron chi connectivity index (χ4n) is 5.46. The van der Waals surface area contributed by atoms with E-state index in [0.717, 1.165) is 11.1 Å². The normalized spacial score (nSPS) is 17.4. The molecular weight excluding hydrogens is 590 g/mol. The molecule has 0 aromatic heterocycles. The van der Waals surface area contributed by atoms with Crippen LogP contribution in [0.5, 0.6) is 0 Å².